The van der Waals surface area contributed by atoms with Crippen LogP contribution in [0.2, 0.25) is 0 Å². The van der Waals surface area contributed by atoms with Crippen LogP contribution in [-0.2, 0) is 4.74 Å². The van der Waals surface area contributed by atoms with E-state index in [1.54, 1.807) is 7.11 Å². The van der Waals surface area contributed by atoms with Gasteiger partial charge in [0.05, 0.1) is 6.10 Å². The summed E-state index contributed by atoms with van der Waals surface area (Å²) >= 11 is 1.88. The summed E-state index contributed by atoms with van der Waals surface area (Å²) in [5, 5.41) is 0. The van der Waals surface area contributed by atoms with Crippen molar-refractivity contribution < 1.29 is 4.74 Å². The Kier molecular flexibility index (Phi) is 8.97. The number of hydrogen-bond donors (Lipinski definition) is 1. The third kappa shape index (κ3) is 7.31. The van der Waals surface area contributed by atoms with Gasteiger partial charge in [0.15, 0.2) is 0 Å². The molecule has 0 fully saturated rings. The molecular weight excluding hydrogens is 184 g/mol. The Hall–Kier alpha value is 0.230. The fourth-order valence-electron chi connectivity index (χ4n) is 1.06. The third-order valence-electron chi connectivity index (χ3n) is 2.11. The van der Waals surface area contributed by atoms with Crippen LogP contribution in [-0.4, -0.2) is 56.8 Å². The summed E-state index contributed by atoms with van der Waals surface area (Å²) in [6, 6.07) is 0. The largest absolute Gasteiger partial charge is 0.380 e. The Morgan fingerprint density at radius 3 is 2.62 bits per heavy atom. The van der Waals surface area contributed by atoms with E-state index in [-0.39, 0.29) is 6.10 Å². The van der Waals surface area contributed by atoms with E-state index in [9.17, 15) is 0 Å². The Bertz CT molecular complexity index is 110. The first-order valence-electron chi connectivity index (χ1n) is 4.65. The predicted molar refractivity (Wildman–Crippen MR) is 60.3 cm³/mol. The molecule has 0 radical (unpaired) electrons. The van der Waals surface area contributed by atoms with Crippen LogP contribution < -0.4 is 5.73 Å². The number of nitrogens with zero attached hydrogens (tertiary/aromatic N) is 1. The Morgan fingerprint density at radius 2 is 2.15 bits per heavy atom. The van der Waals surface area contributed by atoms with E-state index in [0.717, 1.165) is 19.5 Å². The summed E-state index contributed by atoms with van der Waals surface area (Å²) in [5.74, 6) is 1.19. The molecule has 0 spiro atoms. The summed E-state index contributed by atoms with van der Waals surface area (Å²) in [6.45, 7) is 2.82. The average Bonchev–Trinajstić information content (AvgIpc) is 2.16. The van der Waals surface area contributed by atoms with Crippen molar-refractivity contribution in [2.75, 3.05) is 45.8 Å². The van der Waals surface area contributed by atoms with Gasteiger partial charge in [0.1, 0.15) is 0 Å². The SMILES string of the molecule is COC(CN)CCN(C)CCSC. The van der Waals surface area contributed by atoms with Crippen LogP contribution in [0.1, 0.15) is 6.42 Å². The summed E-state index contributed by atoms with van der Waals surface area (Å²) < 4.78 is 5.20. The summed E-state index contributed by atoms with van der Waals surface area (Å²) in [4.78, 5) is 2.32. The molecule has 0 aromatic rings. The van der Waals surface area contributed by atoms with Crippen LogP contribution in [0.4, 0.5) is 0 Å². The molecule has 0 aliphatic heterocycles. The minimum Gasteiger partial charge on any atom is -0.380 e. The van der Waals surface area contributed by atoms with E-state index in [0.29, 0.717) is 6.54 Å². The Labute approximate surface area is 86.0 Å². The molecule has 4 heteroatoms. The van der Waals surface area contributed by atoms with Gasteiger partial charge >= 0.3 is 0 Å². The van der Waals surface area contributed by atoms with Crippen molar-refractivity contribution in [3.8, 4) is 0 Å². The van der Waals surface area contributed by atoms with Crippen LogP contribution in [0.5, 0.6) is 0 Å². The molecule has 0 saturated heterocycles. The van der Waals surface area contributed by atoms with Crippen LogP contribution in [0, 0.1) is 0 Å². The lowest BCUT2D eigenvalue weighted by Crippen LogP contribution is -2.30. The lowest BCUT2D eigenvalue weighted by atomic mass is 10.2. The van der Waals surface area contributed by atoms with E-state index in [4.69, 9.17) is 10.5 Å². The van der Waals surface area contributed by atoms with Crippen LogP contribution >= 0.6 is 11.8 Å². The highest BCUT2D eigenvalue weighted by Gasteiger charge is 2.05. The van der Waals surface area contributed by atoms with Crippen molar-refractivity contribution in [2.24, 2.45) is 5.73 Å². The summed E-state index contributed by atoms with van der Waals surface area (Å²) in [5.41, 5.74) is 5.52. The van der Waals surface area contributed by atoms with E-state index in [1.165, 1.54) is 5.75 Å². The molecule has 0 saturated carbocycles. The fraction of sp³-hybridized carbons (Fsp3) is 1.00. The number of nitrogens with two attached hydrogens (primary N) is 1. The van der Waals surface area contributed by atoms with Gasteiger partial charge in [-0.25, -0.2) is 0 Å². The second-order valence-electron chi connectivity index (χ2n) is 3.18. The monoisotopic (exact) mass is 206 g/mol. The second-order valence-corrected chi connectivity index (χ2v) is 4.16. The smallest absolute Gasteiger partial charge is 0.0705 e. The number of thioether (sulfide) groups is 1. The lowest BCUT2D eigenvalue weighted by molar-refractivity contribution is 0.0933. The zero-order valence-electron chi connectivity index (χ0n) is 8.95. The molecular formula is C9H22N2OS. The maximum Gasteiger partial charge on any atom is 0.0705 e. The van der Waals surface area contributed by atoms with Gasteiger partial charge in [-0.05, 0) is 19.7 Å². The van der Waals surface area contributed by atoms with Crippen LogP contribution in [0.3, 0.4) is 0 Å². The van der Waals surface area contributed by atoms with Crippen molar-refractivity contribution in [2.45, 2.75) is 12.5 Å². The average molecular weight is 206 g/mol. The zero-order chi connectivity index (χ0) is 10.1. The fourth-order valence-corrected chi connectivity index (χ4v) is 1.55. The topological polar surface area (TPSA) is 38.5 Å². The Morgan fingerprint density at radius 1 is 1.46 bits per heavy atom. The predicted octanol–water partition coefficient (Wildman–Crippen LogP) is 0.645. The molecule has 0 heterocycles. The molecule has 0 amide bonds. The molecule has 1 unspecified atom stereocenters. The zero-order valence-corrected chi connectivity index (χ0v) is 9.77. The molecule has 3 nitrogen and oxygen atoms in total. The van der Waals surface area contributed by atoms with Crippen molar-refractivity contribution in [1.82, 2.24) is 4.90 Å². The number of hydrogen-bond acceptors (Lipinski definition) is 4. The van der Waals surface area contributed by atoms with E-state index in [1.807, 2.05) is 11.8 Å². The molecule has 0 rings (SSSR count). The first-order chi connectivity index (χ1) is 6.24. The van der Waals surface area contributed by atoms with E-state index in [2.05, 4.69) is 18.2 Å². The van der Waals surface area contributed by atoms with Crippen LogP contribution in [0.15, 0.2) is 0 Å². The van der Waals surface area contributed by atoms with Crippen molar-refractivity contribution >= 4 is 11.8 Å². The van der Waals surface area contributed by atoms with Crippen LogP contribution in [0.25, 0.3) is 0 Å². The van der Waals surface area contributed by atoms with Gasteiger partial charge in [0.2, 0.25) is 0 Å². The highest BCUT2D eigenvalue weighted by atomic mass is 32.2. The molecule has 0 aromatic carbocycles. The van der Waals surface area contributed by atoms with Crippen molar-refractivity contribution in [1.29, 1.82) is 0 Å². The Balaban J connectivity index is 3.38. The quantitative estimate of drug-likeness (QED) is 0.633. The molecule has 2 N–H and O–H groups in total. The number of methoxy groups -OCH3 is 1. The second kappa shape index (κ2) is 8.81. The van der Waals surface area contributed by atoms with Crippen molar-refractivity contribution in [3.63, 3.8) is 0 Å². The number of ether oxygens (including phenoxy) is 1. The van der Waals surface area contributed by atoms with Gasteiger partial charge in [-0.1, -0.05) is 0 Å². The van der Waals surface area contributed by atoms with Gasteiger partial charge in [-0.2, -0.15) is 11.8 Å². The van der Waals surface area contributed by atoms with E-state index < -0.39 is 0 Å². The van der Waals surface area contributed by atoms with E-state index >= 15 is 0 Å². The maximum atomic E-state index is 5.52. The van der Waals surface area contributed by atoms with Gasteiger partial charge in [-0.3, -0.25) is 0 Å². The molecule has 0 aliphatic rings. The minimum absolute atomic E-state index is 0.219. The van der Waals surface area contributed by atoms with Crippen molar-refractivity contribution in [3.05, 3.63) is 0 Å². The normalized spacial score (nSPS) is 13.6. The molecule has 0 aromatic heterocycles. The molecule has 0 bridgehead atoms. The maximum absolute atomic E-state index is 5.52. The summed E-state index contributed by atoms with van der Waals surface area (Å²) in [6.07, 6.45) is 3.38. The molecule has 0 aliphatic carbocycles. The first kappa shape index (κ1) is 13.2. The molecule has 13 heavy (non-hydrogen) atoms. The summed E-state index contributed by atoms with van der Waals surface area (Å²) in [7, 11) is 3.86. The standard InChI is InChI=1S/C9H22N2OS/c1-11(6-7-13-3)5-4-9(8-10)12-2/h9H,4-8,10H2,1-3H3. The van der Waals surface area contributed by atoms with Gasteiger partial charge < -0.3 is 15.4 Å². The number of rotatable bonds is 8. The van der Waals surface area contributed by atoms with Gasteiger partial charge in [-0.15, -0.1) is 0 Å². The highest BCUT2D eigenvalue weighted by Crippen LogP contribution is 1.98. The molecule has 1 atom stereocenters. The van der Waals surface area contributed by atoms with Gasteiger partial charge in [0, 0.05) is 32.5 Å². The minimum atomic E-state index is 0.219. The lowest BCUT2D eigenvalue weighted by Gasteiger charge is -2.19. The third-order valence-corrected chi connectivity index (χ3v) is 2.70. The first-order valence-corrected chi connectivity index (χ1v) is 6.04. The molecule has 80 valence electrons. The highest BCUT2D eigenvalue weighted by molar-refractivity contribution is 7.98. The van der Waals surface area contributed by atoms with Gasteiger partial charge in [0.25, 0.3) is 0 Å².